The first kappa shape index (κ1) is 14.1. The molecule has 24 heavy (non-hydrogen) atoms. The minimum absolute atomic E-state index is 0.0501. The summed E-state index contributed by atoms with van der Waals surface area (Å²) in [5.41, 5.74) is 2.07. The fourth-order valence-electron chi connectivity index (χ4n) is 2.96. The van der Waals surface area contributed by atoms with Gasteiger partial charge in [0.2, 0.25) is 0 Å². The molecule has 0 atom stereocenters. The topological polar surface area (TPSA) is 106 Å². The lowest BCUT2D eigenvalue weighted by atomic mass is 10.0. The molecule has 0 aliphatic rings. The Bertz CT molecular complexity index is 1170. The minimum Gasteiger partial charge on any atom is -0.508 e. The number of phenols is 1. The standard InChI is InChI=1S/C18H12N2O4/c21-11-3-1-2-9(6-11)10-4-5-14-12(7-10)15-13(18(23)24)8-19-16(15)17(22)20-14/h1-8,19,21H,(H,20,22)(H,23,24). The highest BCUT2D eigenvalue weighted by atomic mass is 16.4. The van der Waals surface area contributed by atoms with E-state index in [0.717, 1.165) is 11.1 Å². The average Bonchev–Trinajstić information content (AvgIpc) is 3.01. The smallest absolute Gasteiger partial charge is 0.337 e. The molecule has 2 aromatic carbocycles. The summed E-state index contributed by atoms with van der Waals surface area (Å²) >= 11 is 0. The lowest BCUT2D eigenvalue weighted by Crippen LogP contribution is -2.07. The van der Waals surface area contributed by atoms with E-state index in [1.54, 1.807) is 24.3 Å². The van der Waals surface area contributed by atoms with Gasteiger partial charge in [-0.3, -0.25) is 4.79 Å². The predicted molar refractivity (Wildman–Crippen MR) is 90.5 cm³/mol. The second-order valence-corrected chi connectivity index (χ2v) is 5.52. The van der Waals surface area contributed by atoms with Crippen LogP contribution in [0.15, 0.2) is 53.5 Å². The summed E-state index contributed by atoms with van der Waals surface area (Å²) in [6.45, 7) is 0. The number of aromatic nitrogens is 2. The van der Waals surface area contributed by atoms with Crippen molar-refractivity contribution in [1.29, 1.82) is 0 Å². The summed E-state index contributed by atoms with van der Waals surface area (Å²) in [5.74, 6) is -0.956. The van der Waals surface area contributed by atoms with Crippen molar-refractivity contribution in [3.8, 4) is 16.9 Å². The first-order chi connectivity index (χ1) is 11.5. The molecule has 118 valence electrons. The number of pyridine rings is 1. The van der Waals surface area contributed by atoms with Crippen molar-refractivity contribution in [2.75, 3.05) is 0 Å². The number of nitrogens with one attached hydrogen (secondary N) is 2. The van der Waals surface area contributed by atoms with Crippen molar-refractivity contribution in [2.45, 2.75) is 0 Å². The number of aromatic hydroxyl groups is 1. The number of H-pyrrole nitrogens is 2. The summed E-state index contributed by atoms with van der Waals surface area (Å²) in [6.07, 6.45) is 1.32. The molecule has 0 fully saturated rings. The third-order valence-corrected chi connectivity index (χ3v) is 4.05. The predicted octanol–water partition coefficient (Wildman–Crippen LogP) is 3.08. The van der Waals surface area contributed by atoms with E-state index in [2.05, 4.69) is 9.97 Å². The van der Waals surface area contributed by atoms with Gasteiger partial charge < -0.3 is 20.2 Å². The molecule has 4 N–H and O–H groups in total. The van der Waals surface area contributed by atoms with Crippen LogP contribution in [0.3, 0.4) is 0 Å². The molecule has 0 aliphatic heterocycles. The van der Waals surface area contributed by atoms with Gasteiger partial charge in [-0.1, -0.05) is 18.2 Å². The largest absolute Gasteiger partial charge is 0.508 e. The van der Waals surface area contributed by atoms with Crippen LogP contribution in [-0.2, 0) is 0 Å². The Balaban J connectivity index is 2.10. The Kier molecular flexibility index (Phi) is 2.93. The van der Waals surface area contributed by atoms with E-state index in [1.807, 2.05) is 18.2 Å². The number of carbonyl (C=O) groups is 1. The van der Waals surface area contributed by atoms with Crippen molar-refractivity contribution < 1.29 is 15.0 Å². The molecule has 0 amide bonds. The van der Waals surface area contributed by atoms with E-state index in [0.29, 0.717) is 16.3 Å². The van der Waals surface area contributed by atoms with Crippen molar-refractivity contribution >= 4 is 27.8 Å². The molecular weight excluding hydrogens is 308 g/mol. The van der Waals surface area contributed by atoms with Gasteiger partial charge in [-0.25, -0.2) is 4.79 Å². The Morgan fingerprint density at radius 1 is 1.04 bits per heavy atom. The molecule has 0 saturated carbocycles. The lowest BCUT2D eigenvalue weighted by molar-refractivity contribution is 0.0699. The number of phenolic OH excluding ortho intramolecular Hbond substituents is 1. The number of carboxylic acids is 1. The summed E-state index contributed by atoms with van der Waals surface area (Å²) in [6, 6.07) is 12.1. The van der Waals surface area contributed by atoms with Crippen molar-refractivity contribution in [2.24, 2.45) is 0 Å². The fourth-order valence-corrected chi connectivity index (χ4v) is 2.96. The van der Waals surface area contributed by atoms with E-state index in [-0.39, 0.29) is 22.4 Å². The Morgan fingerprint density at radius 2 is 1.83 bits per heavy atom. The highest BCUT2D eigenvalue weighted by Crippen LogP contribution is 2.30. The fraction of sp³-hybridized carbons (Fsp3) is 0. The van der Waals surface area contributed by atoms with Gasteiger partial charge in [0.1, 0.15) is 11.3 Å². The number of fused-ring (bicyclic) bond motifs is 3. The molecule has 0 saturated heterocycles. The lowest BCUT2D eigenvalue weighted by Gasteiger charge is -2.06. The number of aromatic amines is 2. The first-order valence-corrected chi connectivity index (χ1v) is 7.24. The number of carboxylic acid groups (broad SMARTS) is 1. The van der Waals surface area contributed by atoms with Crippen LogP contribution in [-0.4, -0.2) is 26.2 Å². The van der Waals surface area contributed by atoms with Gasteiger partial charge in [0, 0.05) is 22.5 Å². The summed E-state index contributed by atoms with van der Waals surface area (Å²) in [5, 5.41) is 20.0. The van der Waals surface area contributed by atoms with E-state index < -0.39 is 5.97 Å². The van der Waals surface area contributed by atoms with Gasteiger partial charge in [-0.2, -0.15) is 0 Å². The highest BCUT2D eigenvalue weighted by molar-refractivity contribution is 6.15. The second-order valence-electron chi connectivity index (χ2n) is 5.52. The minimum atomic E-state index is -1.10. The zero-order valence-corrected chi connectivity index (χ0v) is 12.3. The second kappa shape index (κ2) is 4.99. The highest BCUT2D eigenvalue weighted by Gasteiger charge is 2.16. The molecule has 4 aromatic rings. The maximum Gasteiger partial charge on any atom is 0.337 e. The van der Waals surface area contributed by atoms with Gasteiger partial charge in [-0.05, 0) is 35.4 Å². The monoisotopic (exact) mass is 320 g/mol. The average molecular weight is 320 g/mol. The maximum atomic E-state index is 12.1. The molecule has 0 radical (unpaired) electrons. The van der Waals surface area contributed by atoms with Crippen LogP contribution in [0.5, 0.6) is 5.75 Å². The molecule has 0 bridgehead atoms. The number of benzene rings is 2. The van der Waals surface area contributed by atoms with E-state index in [4.69, 9.17) is 0 Å². The molecular formula is C18H12N2O4. The van der Waals surface area contributed by atoms with Crippen LogP contribution in [0, 0.1) is 0 Å². The molecule has 0 spiro atoms. The molecule has 6 nitrogen and oxygen atoms in total. The van der Waals surface area contributed by atoms with Crippen LogP contribution in [0.1, 0.15) is 10.4 Å². The Labute approximate surface area is 135 Å². The Morgan fingerprint density at radius 3 is 2.58 bits per heavy atom. The van der Waals surface area contributed by atoms with E-state index in [1.165, 1.54) is 6.20 Å². The van der Waals surface area contributed by atoms with Gasteiger partial charge >= 0.3 is 5.97 Å². The molecule has 2 aromatic heterocycles. The van der Waals surface area contributed by atoms with Crippen molar-refractivity contribution in [3.05, 3.63) is 64.6 Å². The van der Waals surface area contributed by atoms with Crippen LogP contribution in [0.25, 0.3) is 32.9 Å². The number of hydrogen-bond acceptors (Lipinski definition) is 3. The zero-order valence-electron chi connectivity index (χ0n) is 12.3. The Hall–Kier alpha value is -3.54. The van der Waals surface area contributed by atoms with Crippen LogP contribution in [0.2, 0.25) is 0 Å². The number of aromatic carboxylic acids is 1. The SMILES string of the molecule is O=C(O)c1c[nH]c2c(=O)[nH]c3ccc(-c4cccc(O)c4)cc3c12. The first-order valence-electron chi connectivity index (χ1n) is 7.24. The molecule has 6 heteroatoms. The van der Waals surface area contributed by atoms with E-state index >= 15 is 0 Å². The van der Waals surface area contributed by atoms with Gasteiger partial charge in [0.25, 0.3) is 5.56 Å². The molecule has 0 aliphatic carbocycles. The van der Waals surface area contributed by atoms with Gasteiger partial charge in [0.05, 0.1) is 5.56 Å². The van der Waals surface area contributed by atoms with Gasteiger partial charge in [0.15, 0.2) is 0 Å². The normalized spacial score (nSPS) is 11.2. The van der Waals surface area contributed by atoms with Crippen molar-refractivity contribution in [3.63, 3.8) is 0 Å². The maximum absolute atomic E-state index is 12.1. The quantitative estimate of drug-likeness (QED) is 0.455. The van der Waals surface area contributed by atoms with Crippen LogP contribution >= 0.6 is 0 Å². The molecule has 2 heterocycles. The van der Waals surface area contributed by atoms with Gasteiger partial charge in [-0.15, -0.1) is 0 Å². The molecule has 4 rings (SSSR count). The number of hydrogen-bond donors (Lipinski definition) is 4. The summed E-state index contributed by atoms with van der Waals surface area (Å²) in [7, 11) is 0. The zero-order chi connectivity index (χ0) is 16.8. The number of rotatable bonds is 2. The third-order valence-electron chi connectivity index (χ3n) is 4.05. The third kappa shape index (κ3) is 2.04. The van der Waals surface area contributed by atoms with Crippen LogP contribution < -0.4 is 5.56 Å². The van der Waals surface area contributed by atoms with E-state index in [9.17, 15) is 19.8 Å². The van der Waals surface area contributed by atoms with Crippen LogP contribution in [0.4, 0.5) is 0 Å². The van der Waals surface area contributed by atoms with Crippen molar-refractivity contribution in [1.82, 2.24) is 9.97 Å². The summed E-state index contributed by atoms with van der Waals surface area (Å²) in [4.78, 5) is 29.1. The molecule has 0 unspecified atom stereocenters. The summed E-state index contributed by atoms with van der Waals surface area (Å²) < 4.78 is 0.